The third kappa shape index (κ3) is 4.73. The van der Waals surface area contributed by atoms with Crippen LogP contribution in [0.1, 0.15) is 33.2 Å². The van der Waals surface area contributed by atoms with Gasteiger partial charge in [-0.3, -0.25) is 4.79 Å². The zero-order valence-electron chi connectivity index (χ0n) is 20.6. The van der Waals surface area contributed by atoms with Gasteiger partial charge in [0.2, 0.25) is 0 Å². The van der Waals surface area contributed by atoms with Gasteiger partial charge in [-0.25, -0.2) is 14.8 Å². The molecule has 186 valence electrons. The number of ether oxygens (including phenoxy) is 1. The molecule has 0 spiro atoms. The zero-order valence-corrected chi connectivity index (χ0v) is 20.6. The van der Waals surface area contributed by atoms with Crippen LogP contribution in [0.25, 0.3) is 11.1 Å². The third-order valence-corrected chi connectivity index (χ3v) is 6.39. The van der Waals surface area contributed by atoms with Crippen molar-refractivity contribution in [1.29, 1.82) is 0 Å². The highest BCUT2D eigenvalue weighted by Crippen LogP contribution is 2.37. The minimum atomic E-state index is -0.943. The molecule has 0 saturated heterocycles. The molecule has 5 rings (SSSR count). The molecule has 1 amide bonds. The Morgan fingerprint density at radius 3 is 2.35 bits per heavy atom. The summed E-state index contributed by atoms with van der Waals surface area (Å²) < 4.78 is 5.94. The standard InChI is InChI=1S/C29H26N4O4/c1-3-33-26-24(28(34)32(2)25-5-4-15-30-27(25)33)17-19(18-31-26)14-16-37-23-12-10-21(11-13-23)20-6-8-22(9-7-20)29(35)36/h4-13,15,17-18H,3,14,16H2,1-2H3,(H,35,36). The number of benzene rings is 2. The molecule has 0 radical (unpaired) electrons. The Morgan fingerprint density at radius 1 is 0.973 bits per heavy atom. The van der Waals surface area contributed by atoms with Crippen LogP contribution >= 0.6 is 0 Å². The van der Waals surface area contributed by atoms with E-state index in [1.165, 1.54) is 0 Å². The molecule has 3 heterocycles. The fourth-order valence-electron chi connectivity index (χ4n) is 4.39. The van der Waals surface area contributed by atoms with Crippen molar-refractivity contribution in [2.75, 3.05) is 30.0 Å². The average molecular weight is 495 g/mol. The summed E-state index contributed by atoms with van der Waals surface area (Å²) in [5.74, 6) is 0.977. The Hall–Kier alpha value is -4.72. The number of carbonyl (C=O) groups is 2. The van der Waals surface area contributed by atoms with E-state index in [1.54, 1.807) is 48.6 Å². The SMILES string of the molecule is CCN1c2ncc(CCOc3ccc(-c4ccc(C(=O)O)cc4)cc3)cc2C(=O)N(C)c2cccnc21. The van der Waals surface area contributed by atoms with Gasteiger partial charge in [0, 0.05) is 32.4 Å². The molecule has 8 heteroatoms. The molecule has 0 saturated carbocycles. The van der Waals surface area contributed by atoms with E-state index >= 15 is 0 Å². The summed E-state index contributed by atoms with van der Waals surface area (Å²) in [6.07, 6.45) is 4.10. The summed E-state index contributed by atoms with van der Waals surface area (Å²) in [5, 5.41) is 9.06. The molecule has 1 N–H and O–H groups in total. The summed E-state index contributed by atoms with van der Waals surface area (Å²) in [7, 11) is 1.76. The number of hydrogen-bond donors (Lipinski definition) is 1. The lowest BCUT2D eigenvalue weighted by molar-refractivity contribution is 0.0696. The number of carboxylic acid groups (broad SMARTS) is 1. The summed E-state index contributed by atoms with van der Waals surface area (Å²) in [5.41, 5.74) is 4.36. The van der Waals surface area contributed by atoms with E-state index in [2.05, 4.69) is 9.97 Å². The quantitative estimate of drug-likeness (QED) is 0.377. The Morgan fingerprint density at radius 2 is 1.68 bits per heavy atom. The number of aromatic carboxylic acids is 1. The minimum Gasteiger partial charge on any atom is -0.493 e. The van der Waals surface area contributed by atoms with Gasteiger partial charge in [0.1, 0.15) is 11.6 Å². The van der Waals surface area contributed by atoms with E-state index in [0.717, 1.165) is 28.1 Å². The van der Waals surface area contributed by atoms with Gasteiger partial charge in [-0.05, 0) is 66.1 Å². The number of hydrogen-bond acceptors (Lipinski definition) is 6. The largest absolute Gasteiger partial charge is 0.493 e. The van der Waals surface area contributed by atoms with Gasteiger partial charge in [0.05, 0.1) is 23.4 Å². The minimum absolute atomic E-state index is 0.123. The third-order valence-electron chi connectivity index (χ3n) is 6.39. The lowest BCUT2D eigenvalue weighted by atomic mass is 10.0. The van der Waals surface area contributed by atoms with Gasteiger partial charge in [-0.1, -0.05) is 24.3 Å². The van der Waals surface area contributed by atoms with E-state index in [-0.39, 0.29) is 11.5 Å². The van der Waals surface area contributed by atoms with Crippen molar-refractivity contribution in [2.45, 2.75) is 13.3 Å². The molecule has 1 aliphatic heterocycles. The fourth-order valence-corrected chi connectivity index (χ4v) is 4.39. The molecule has 0 fully saturated rings. The molecule has 4 aromatic rings. The number of nitrogens with zero attached hydrogens (tertiary/aromatic N) is 4. The van der Waals surface area contributed by atoms with Crippen molar-refractivity contribution in [1.82, 2.24) is 9.97 Å². The molecule has 0 bridgehead atoms. The molecule has 0 unspecified atom stereocenters. The van der Waals surface area contributed by atoms with E-state index in [1.807, 2.05) is 54.3 Å². The second-order valence-corrected chi connectivity index (χ2v) is 8.67. The molecule has 0 atom stereocenters. The van der Waals surface area contributed by atoms with Crippen LogP contribution in [0.15, 0.2) is 79.1 Å². The number of aromatic nitrogens is 2. The first kappa shape index (κ1) is 24.0. The first-order valence-corrected chi connectivity index (χ1v) is 12.0. The maximum absolute atomic E-state index is 13.3. The number of carbonyl (C=O) groups excluding carboxylic acids is 1. The zero-order chi connectivity index (χ0) is 25.9. The van der Waals surface area contributed by atoms with Crippen LogP contribution in [0.2, 0.25) is 0 Å². The number of anilines is 3. The van der Waals surface area contributed by atoms with Gasteiger partial charge >= 0.3 is 5.97 Å². The van der Waals surface area contributed by atoms with Gasteiger partial charge in [-0.2, -0.15) is 0 Å². The lowest BCUT2D eigenvalue weighted by Crippen LogP contribution is -2.25. The van der Waals surface area contributed by atoms with Gasteiger partial charge < -0.3 is 19.6 Å². The van der Waals surface area contributed by atoms with Crippen molar-refractivity contribution >= 4 is 29.2 Å². The number of carboxylic acids is 1. The van der Waals surface area contributed by atoms with Crippen LogP contribution < -0.4 is 14.5 Å². The van der Waals surface area contributed by atoms with Crippen molar-refractivity contribution in [3.8, 4) is 16.9 Å². The van der Waals surface area contributed by atoms with Gasteiger partial charge in [0.15, 0.2) is 5.82 Å². The summed E-state index contributed by atoms with van der Waals surface area (Å²) in [4.78, 5) is 37.1. The lowest BCUT2D eigenvalue weighted by Gasteiger charge is -2.22. The smallest absolute Gasteiger partial charge is 0.335 e. The summed E-state index contributed by atoms with van der Waals surface area (Å²) in [6, 6.07) is 20.0. The maximum Gasteiger partial charge on any atom is 0.335 e. The fraction of sp³-hybridized carbons (Fsp3) is 0.172. The second kappa shape index (κ2) is 10.1. The highest BCUT2D eigenvalue weighted by molar-refractivity contribution is 6.12. The highest BCUT2D eigenvalue weighted by Gasteiger charge is 2.30. The molecule has 8 nitrogen and oxygen atoms in total. The van der Waals surface area contributed by atoms with Gasteiger partial charge in [-0.15, -0.1) is 0 Å². The maximum atomic E-state index is 13.3. The Balaban J connectivity index is 1.27. The first-order chi connectivity index (χ1) is 18.0. The summed E-state index contributed by atoms with van der Waals surface area (Å²) >= 11 is 0. The Kier molecular flexibility index (Phi) is 6.55. The van der Waals surface area contributed by atoms with E-state index in [0.29, 0.717) is 36.8 Å². The van der Waals surface area contributed by atoms with Crippen LogP contribution in [0.5, 0.6) is 5.75 Å². The number of pyridine rings is 2. The average Bonchev–Trinajstić information content (AvgIpc) is 3.02. The van der Waals surface area contributed by atoms with E-state index in [9.17, 15) is 9.59 Å². The molecule has 0 aliphatic carbocycles. The Bertz CT molecular complexity index is 1450. The molecular weight excluding hydrogens is 468 g/mol. The second-order valence-electron chi connectivity index (χ2n) is 8.67. The predicted molar refractivity (Wildman–Crippen MR) is 142 cm³/mol. The van der Waals surface area contributed by atoms with Crippen LogP contribution in [0.4, 0.5) is 17.3 Å². The van der Waals surface area contributed by atoms with Gasteiger partial charge in [0.25, 0.3) is 5.91 Å². The Labute approximate surface area is 214 Å². The molecule has 37 heavy (non-hydrogen) atoms. The first-order valence-electron chi connectivity index (χ1n) is 12.0. The van der Waals surface area contributed by atoms with Crippen LogP contribution in [0, 0.1) is 0 Å². The van der Waals surface area contributed by atoms with Crippen molar-refractivity contribution in [3.63, 3.8) is 0 Å². The number of rotatable bonds is 7. The monoisotopic (exact) mass is 494 g/mol. The predicted octanol–water partition coefficient (Wildman–Crippen LogP) is 5.21. The number of amides is 1. The molecule has 1 aliphatic rings. The van der Waals surface area contributed by atoms with Crippen molar-refractivity contribution in [2.24, 2.45) is 0 Å². The van der Waals surface area contributed by atoms with Crippen LogP contribution in [-0.4, -0.2) is 47.2 Å². The normalized spacial score (nSPS) is 12.5. The number of fused-ring (bicyclic) bond motifs is 2. The molecular formula is C29H26N4O4. The van der Waals surface area contributed by atoms with Crippen molar-refractivity contribution in [3.05, 3.63) is 95.8 Å². The summed E-state index contributed by atoms with van der Waals surface area (Å²) in [6.45, 7) is 3.07. The van der Waals surface area contributed by atoms with E-state index in [4.69, 9.17) is 9.84 Å². The topological polar surface area (TPSA) is 95.9 Å². The van der Waals surface area contributed by atoms with Crippen LogP contribution in [0.3, 0.4) is 0 Å². The van der Waals surface area contributed by atoms with E-state index < -0.39 is 5.97 Å². The highest BCUT2D eigenvalue weighted by atomic mass is 16.5. The van der Waals surface area contributed by atoms with Crippen molar-refractivity contribution < 1.29 is 19.4 Å². The molecule has 2 aromatic carbocycles. The van der Waals surface area contributed by atoms with Crippen LogP contribution in [-0.2, 0) is 6.42 Å². The molecule has 2 aromatic heterocycles.